The SMILES string of the molecule is C[C@@H]1[C@@H]([Si](C)(C)O)[C@H](CC(=O)N2CCC[C@H]2CO)O[C@@H]1CCc1ccc(N2C(=O)CCc3ccccc32)cc1. The van der Waals surface area contributed by atoms with Gasteiger partial charge in [0.1, 0.15) is 0 Å². The Labute approximate surface area is 232 Å². The smallest absolute Gasteiger partial charge is 0.231 e. The van der Waals surface area contributed by atoms with Crippen LogP contribution in [0.4, 0.5) is 11.4 Å². The number of hydrogen-bond acceptors (Lipinski definition) is 5. The van der Waals surface area contributed by atoms with Crippen LogP contribution < -0.4 is 4.90 Å². The van der Waals surface area contributed by atoms with Crippen LogP contribution in [-0.4, -0.2) is 66.3 Å². The highest BCUT2D eigenvalue weighted by molar-refractivity contribution is 6.71. The summed E-state index contributed by atoms with van der Waals surface area (Å²) in [7, 11) is -2.58. The van der Waals surface area contributed by atoms with Crippen molar-refractivity contribution in [3.8, 4) is 0 Å². The number of ether oxygens (including phenoxy) is 1. The van der Waals surface area contributed by atoms with E-state index in [1.165, 1.54) is 11.1 Å². The van der Waals surface area contributed by atoms with Crippen molar-refractivity contribution in [1.82, 2.24) is 4.90 Å². The minimum Gasteiger partial charge on any atom is -0.432 e. The lowest BCUT2D eigenvalue weighted by atomic mass is 9.94. The molecule has 8 heteroatoms. The van der Waals surface area contributed by atoms with Gasteiger partial charge in [-0.1, -0.05) is 37.3 Å². The van der Waals surface area contributed by atoms with E-state index < -0.39 is 8.32 Å². The van der Waals surface area contributed by atoms with E-state index in [9.17, 15) is 19.5 Å². The number of aryl methyl sites for hydroxylation is 2. The van der Waals surface area contributed by atoms with E-state index in [4.69, 9.17) is 4.74 Å². The van der Waals surface area contributed by atoms with Gasteiger partial charge in [0, 0.05) is 24.2 Å². The number of aliphatic hydroxyl groups excluding tert-OH is 1. The molecule has 3 aliphatic rings. The van der Waals surface area contributed by atoms with Crippen LogP contribution in [0.15, 0.2) is 48.5 Å². The van der Waals surface area contributed by atoms with Crippen LogP contribution in [0.25, 0.3) is 0 Å². The summed E-state index contributed by atoms with van der Waals surface area (Å²) in [6.45, 7) is 6.73. The van der Waals surface area contributed by atoms with Crippen molar-refractivity contribution >= 4 is 31.5 Å². The number of hydrogen-bond donors (Lipinski definition) is 2. The van der Waals surface area contributed by atoms with Gasteiger partial charge in [-0.25, -0.2) is 0 Å². The van der Waals surface area contributed by atoms with Gasteiger partial charge in [0.05, 0.1) is 37.0 Å². The maximum Gasteiger partial charge on any atom is 0.231 e. The standard InChI is InChI=1S/C31H42N2O5Si/c1-21-27(38-28(31(21)39(2,3)37)19-30(36)32-18-6-8-25(32)20-34)16-12-22-10-14-24(15-11-22)33-26-9-5-4-7-23(26)13-17-29(33)35/h4-5,7,9-11,14-15,21,25,27-28,31,34,37H,6,8,12-13,16-20H2,1-3H3/t21-,25-,27+,28-,31+/m0/s1. The van der Waals surface area contributed by atoms with Crippen molar-refractivity contribution in [2.45, 2.75) is 88.8 Å². The van der Waals surface area contributed by atoms with Gasteiger partial charge in [-0.2, -0.15) is 0 Å². The molecular weight excluding hydrogens is 508 g/mol. The lowest BCUT2D eigenvalue weighted by molar-refractivity contribution is -0.135. The zero-order chi connectivity index (χ0) is 27.7. The van der Waals surface area contributed by atoms with Crippen LogP contribution in [0.1, 0.15) is 50.2 Å². The first-order chi connectivity index (χ1) is 18.7. The topological polar surface area (TPSA) is 90.3 Å². The lowest BCUT2D eigenvalue weighted by Gasteiger charge is -2.31. The third kappa shape index (κ3) is 5.84. The largest absolute Gasteiger partial charge is 0.432 e. The number of carbonyl (C=O) groups excluding carboxylic acids is 2. The molecule has 2 amide bonds. The molecule has 39 heavy (non-hydrogen) atoms. The molecule has 0 radical (unpaired) electrons. The highest BCUT2D eigenvalue weighted by atomic mass is 28.4. The summed E-state index contributed by atoms with van der Waals surface area (Å²) in [4.78, 5) is 40.7. The Morgan fingerprint density at radius 3 is 2.54 bits per heavy atom. The molecule has 7 nitrogen and oxygen atoms in total. The number of anilines is 2. The number of amides is 2. The fourth-order valence-corrected chi connectivity index (χ4v) is 9.69. The summed E-state index contributed by atoms with van der Waals surface area (Å²) in [5.41, 5.74) is 4.21. The lowest BCUT2D eigenvalue weighted by Crippen LogP contribution is -2.43. The number of fused-ring (bicyclic) bond motifs is 1. The minimum atomic E-state index is -2.58. The molecule has 0 aromatic heterocycles. The summed E-state index contributed by atoms with van der Waals surface area (Å²) >= 11 is 0. The van der Waals surface area contributed by atoms with Crippen LogP contribution in [0, 0.1) is 5.92 Å². The summed E-state index contributed by atoms with van der Waals surface area (Å²) in [6, 6.07) is 16.2. The second-order valence-electron chi connectivity index (χ2n) is 12.1. The molecule has 210 valence electrons. The van der Waals surface area contributed by atoms with Crippen molar-refractivity contribution in [2.75, 3.05) is 18.1 Å². The molecule has 5 rings (SSSR count). The third-order valence-electron chi connectivity index (χ3n) is 9.00. The van der Waals surface area contributed by atoms with Gasteiger partial charge in [0.15, 0.2) is 8.32 Å². The Kier molecular flexibility index (Phi) is 8.28. The Hall–Kier alpha value is -2.52. The van der Waals surface area contributed by atoms with Crippen LogP contribution in [0.5, 0.6) is 0 Å². The van der Waals surface area contributed by atoms with Crippen molar-refractivity contribution < 1.29 is 24.2 Å². The number of aliphatic hydroxyl groups is 1. The Balaban J connectivity index is 1.24. The number of para-hydroxylation sites is 1. The number of carbonyl (C=O) groups is 2. The fourth-order valence-electron chi connectivity index (χ4n) is 7.08. The van der Waals surface area contributed by atoms with Gasteiger partial charge < -0.3 is 19.5 Å². The van der Waals surface area contributed by atoms with E-state index in [1.54, 1.807) is 4.90 Å². The third-order valence-corrected chi connectivity index (χ3v) is 11.5. The summed E-state index contributed by atoms with van der Waals surface area (Å²) in [5, 5.41) is 9.66. The predicted molar refractivity (Wildman–Crippen MR) is 154 cm³/mol. The van der Waals surface area contributed by atoms with Gasteiger partial charge in [-0.05, 0) is 80.4 Å². The van der Waals surface area contributed by atoms with E-state index in [0.29, 0.717) is 13.0 Å². The van der Waals surface area contributed by atoms with Gasteiger partial charge >= 0.3 is 0 Å². The minimum absolute atomic E-state index is 0.00279. The number of benzene rings is 2. The van der Waals surface area contributed by atoms with Crippen LogP contribution >= 0.6 is 0 Å². The first-order valence-electron chi connectivity index (χ1n) is 14.5. The van der Waals surface area contributed by atoms with Crippen molar-refractivity contribution in [3.63, 3.8) is 0 Å². The molecule has 0 spiro atoms. The predicted octanol–water partition coefficient (Wildman–Crippen LogP) is 4.57. The number of likely N-dealkylation sites (tertiary alicyclic amines) is 1. The average molecular weight is 551 g/mol. The van der Waals surface area contributed by atoms with E-state index in [-0.39, 0.29) is 54.6 Å². The molecule has 2 aromatic carbocycles. The van der Waals surface area contributed by atoms with E-state index in [2.05, 4.69) is 25.1 Å². The molecule has 2 aromatic rings. The summed E-state index contributed by atoms with van der Waals surface area (Å²) in [6.07, 6.45) is 4.62. The van der Waals surface area contributed by atoms with E-state index in [1.807, 2.05) is 48.3 Å². The van der Waals surface area contributed by atoms with Gasteiger partial charge in [-0.15, -0.1) is 0 Å². The number of rotatable bonds is 8. The van der Waals surface area contributed by atoms with Gasteiger partial charge in [0.25, 0.3) is 0 Å². The van der Waals surface area contributed by atoms with Crippen LogP contribution in [0.3, 0.4) is 0 Å². The Morgan fingerprint density at radius 2 is 1.82 bits per heavy atom. The first kappa shape index (κ1) is 28.0. The number of nitrogens with zero attached hydrogens (tertiary/aromatic N) is 2. The molecule has 2 saturated heterocycles. The first-order valence-corrected chi connectivity index (χ1v) is 17.5. The molecule has 3 heterocycles. The van der Waals surface area contributed by atoms with E-state index >= 15 is 0 Å². The molecule has 0 unspecified atom stereocenters. The zero-order valence-electron chi connectivity index (χ0n) is 23.4. The quantitative estimate of drug-likeness (QED) is 0.470. The molecular formula is C31H42N2O5Si. The highest BCUT2D eigenvalue weighted by Gasteiger charge is 2.50. The molecule has 0 aliphatic carbocycles. The molecule has 3 aliphatic heterocycles. The Morgan fingerprint density at radius 1 is 1.08 bits per heavy atom. The van der Waals surface area contributed by atoms with Crippen molar-refractivity contribution in [3.05, 3.63) is 59.7 Å². The maximum atomic E-state index is 13.1. The average Bonchev–Trinajstić information content (AvgIpc) is 3.52. The molecule has 2 fully saturated rings. The van der Waals surface area contributed by atoms with Crippen LogP contribution in [0.2, 0.25) is 18.6 Å². The highest BCUT2D eigenvalue weighted by Crippen LogP contribution is 2.46. The van der Waals surface area contributed by atoms with Crippen molar-refractivity contribution in [2.24, 2.45) is 5.92 Å². The Bertz CT molecular complexity index is 1180. The van der Waals surface area contributed by atoms with E-state index in [0.717, 1.165) is 43.5 Å². The van der Waals surface area contributed by atoms with Gasteiger partial charge in [0.2, 0.25) is 11.8 Å². The molecule has 2 N–H and O–H groups in total. The molecule has 0 bridgehead atoms. The van der Waals surface area contributed by atoms with Gasteiger partial charge in [-0.3, -0.25) is 14.5 Å². The molecule has 5 atom stereocenters. The second-order valence-corrected chi connectivity index (χ2v) is 16.1. The monoisotopic (exact) mass is 550 g/mol. The zero-order valence-corrected chi connectivity index (χ0v) is 24.4. The summed E-state index contributed by atoms with van der Waals surface area (Å²) in [5.74, 6) is 0.303. The summed E-state index contributed by atoms with van der Waals surface area (Å²) < 4.78 is 6.52. The maximum absolute atomic E-state index is 13.1. The fraction of sp³-hybridized carbons (Fsp3) is 0.548. The second kappa shape index (κ2) is 11.5. The van der Waals surface area contributed by atoms with Crippen LogP contribution in [-0.2, 0) is 27.2 Å². The molecule has 0 saturated carbocycles. The van der Waals surface area contributed by atoms with Crippen molar-refractivity contribution in [1.29, 1.82) is 0 Å². The normalized spacial score (nSPS) is 27.2.